The number of nitrogens with one attached hydrogen (secondary N) is 3. The Kier molecular flexibility index (Phi) is 7.82. The normalized spacial score (nSPS) is 14.8. The fourth-order valence-electron chi connectivity index (χ4n) is 4.26. The monoisotopic (exact) mass is 624 g/mol. The molecule has 0 atom stereocenters. The summed E-state index contributed by atoms with van der Waals surface area (Å²) >= 11 is 1.43. The quantitative estimate of drug-likeness (QED) is 0.234. The van der Waals surface area contributed by atoms with Gasteiger partial charge in [-0.15, -0.1) is 0 Å². The van der Waals surface area contributed by atoms with Crippen molar-refractivity contribution in [1.82, 2.24) is 25.3 Å². The third-order valence-electron chi connectivity index (χ3n) is 6.62. The lowest BCUT2D eigenvalue weighted by atomic mass is 10.2. The highest BCUT2D eigenvalue weighted by Gasteiger charge is 2.33. The van der Waals surface area contributed by atoms with E-state index in [1.54, 1.807) is 23.2 Å². The van der Waals surface area contributed by atoms with Crippen LogP contribution in [0, 0.1) is 0 Å². The SMILES string of the molecule is O=C(Nc1cnc(Oc2ccc(-c3cnc(N4CCCC4=O)s3)cc2)nc1)Nc1cc(C(F)(F)F)cnc1C(=O)NC1CC1. The number of pyridine rings is 1. The minimum absolute atomic E-state index is 0.0163. The number of ether oxygens (including phenoxy) is 1. The van der Waals surface area contributed by atoms with Crippen molar-refractivity contribution in [3.63, 3.8) is 0 Å². The van der Waals surface area contributed by atoms with Crippen LogP contribution in [0.1, 0.15) is 41.7 Å². The molecule has 6 rings (SSSR count). The van der Waals surface area contributed by atoms with Gasteiger partial charge in [0, 0.05) is 31.4 Å². The molecule has 1 saturated carbocycles. The fourth-order valence-corrected chi connectivity index (χ4v) is 5.23. The molecule has 4 aromatic rings. The maximum atomic E-state index is 13.3. The van der Waals surface area contributed by atoms with E-state index in [1.807, 2.05) is 12.1 Å². The average molecular weight is 625 g/mol. The molecule has 1 saturated heterocycles. The van der Waals surface area contributed by atoms with Crippen molar-refractivity contribution in [3.05, 3.63) is 66.4 Å². The first-order chi connectivity index (χ1) is 21.1. The van der Waals surface area contributed by atoms with Crippen molar-refractivity contribution in [2.75, 3.05) is 22.1 Å². The smallest absolute Gasteiger partial charge is 0.417 e. The van der Waals surface area contributed by atoms with Gasteiger partial charge in [-0.05, 0) is 55.2 Å². The molecule has 0 radical (unpaired) electrons. The van der Waals surface area contributed by atoms with Crippen LogP contribution >= 0.6 is 11.3 Å². The molecule has 4 amide bonds. The highest BCUT2D eigenvalue weighted by atomic mass is 32.1. The summed E-state index contributed by atoms with van der Waals surface area (Å²) in [6.45, 7) is 0.671. The molecule has 0 spiro atoms. The van der Waals surface area contributed by atoms with E-state index < -0.39 is 29.4 Å². The molecule has 44 heavy (non-hydrogen) atoms. The van der Waals surface area contributed by atoms with E-state index >= 15 is 0 Å². The number of carbonyl (C=O) groups is 3. The second-order valence-electron chi connectivity index (χ2n) is 9.98. The second kappa shape index (κ2) is 11.9. The molecular weight excluding hydrogens is 601 g/mol. The molecule has 12 nitrogen and oxygen atoms in total. The number of thiazole rings is 1. The third-order valence-corrected chi connectivity index (χ3v) is 7.69. The number of alkyl halides is 3. The summed E-state index contributed by atoms with van der Waals surface area (Å²) in [5.41, 5.74) is -0.860. The van der Waals surface area contributed by atoms with Gasteiger partial charge in [0.1, 0.15) is 5.75 Å². The maximum absolute atomic E-state index is 13.3. The minimum Gasteiger partial charge on any atom is -0.424 e. The fraction of sp³-hybridized carbons (Fsp3) is 0.250. The zero-order chi connectivity index (χ0) is 30.8. The van der Waals surface area contributed by atoms with Gasteiger partial charge in [-0.25, -0.2) is 24.7 Å². The predicted octanol–water partition coefficient (Wildman–Crippen LogP) is 5.47. The largest absolute Gasteiger partial charge is 0.424 e. The average Bonchev–Trinajstić information content (AvgIpc) is 3.48. The number of amides is 4. The summed E-state index contributed by atoms with van der Waals surface area (Å²) in [6.07, 6.45) is 2.92. The molecule has 2 aliphatic rings. The van der Waals surface area contributed by atoms with Crippen molar-refractivity contribution in [2.24, 2.45) is 0 Å². The molecule has 1 aromatic carbocycles. The van der Waals surface area contributed by atoms with Gasteiger partial charge in [-0.2, -0.15) is 13.2 Å². The van der Waals surface area contributed by atoms with Crippen LogP contribution in [-0.2, 0) is 11.0 Å². The van der Waals surface area contributed by atoms with E-state index in [9.17, 15) is 27.6 Å². The molecule has 3 N–H and O–H groups in total. The van der Waals surface area contributed by atoms with Crippen LogP contribution in [0.15, 0.2) is 55.1 Å². The van der Waals surface area contributed by atoms with E-state index in [0.717, 1.165) is 29.7 Å². The van der Waals surface area contributed by atoms with Crippen LogP contribution in [-0.4, -0.2) is 50.4 Å². The van der Waals surface area contributed by atoms with Crippen molar-refractivity contribution < 1.29 is 32.3 Å². The molecular formula is C28H23F3N8O4S. The molecule has 0 bridgehead atoms. The summed E-state index contributed by atoms with van der Waals surface area (Å²) in [5, 5.41) is 7.97. The van der Waals surface area contributed by atoms with Crippen molar-refractivity contribution in [2.45, 2.75) is 37.9 Å². The summed E-state index contributed by atoms with van der Waals surface area (Å²) in [6, 6.07) is 6.74. The van der Waals surface area contributed by atoms with Crippen LogP contribution in [0.2, 0.25) is 0 Å². The lowest BCUT2D eigenvalue weighted by Crippen LogP contribution is -2.29. The minimum atomic E-state index is -4.73. The molecule has 3 aromatic heterocycles. The molecule has 4 heterocycles. The number of halogens is 3. The highest BCUT2D eigenvalue weighted by molar-refractivity contribution is 7.19. The lowest BCUT2D eigenvalue weighted by molar-refractivity contribution is -0.137. The molecule has 16 heteroatoms. The van der Waals surface area contributed by atoms with Gasteiger partial charge in [0.05, 0.1) is 34.2 Å². The summed E-state index contributed by atoms with van der Waals surface area (Å²) < 4.78 is 45.4. The highest BCUT2D eigenvalue weighted by Crippen LogP contribution is 2.34. The zero-order valence-electron chi connectivity index (χ0n) is 22.7. The number of rotatable bonds is 8. The van der Waals surface area contributed by atoms with E-state index in [4.69, 9.17) is 4.74 Å². The van der Waals surface area contributed by atoms with E-state index in [1.165, 1.54) is 23.7 Å². The van der Waals surface area contributed by atoms with Crippen LogP contribution in [0.25, 0.3) is 10.4 Å². The first-order valence-electron chi connectivity index (χ1n) is 13.4. The molecule has 2 fully saturated rings. The molecule has 0 unspecified atom stereocenters. The van der Waals surface area contributed by atoms with Gasteiger partial charge in [-0.1, -0.05) is 11.3 Å². The van der Waals surface area contributed by atoms with Crippen molar-refractivity contribution >= 4 is 45.7 Å². The number of carbonyl (C=O) groups excluding carboxylic acids is 3. The second-order valence-corrected chi connectivity index (χ2v) is 11.0. The van der Waals surface area contributed by atoms with Crippen LogP contribution in [0.4, 0.5) is 34.5 Å². The van der Waals surface area contributed by atoms with Gasteiger partial charge in [0.2, 0.25) is 5.91 Å². The third kappa shape index (κ3) is 6.75. The number of hydrogen-bond donors (Lipinski definition) is 3. The van der Waals surface area contributed by atoms with E-state index in [-0.39, 0.29) is 29.3 Å². The van der Waals surface area contributed by atoms with Gasteiger partial charge in [0.25, 0.3) is 5.91 Å². The van der Waals surface area contributed by atoms with Crippen LogP contribution in [0.5, 0.6) is 11.8 Å². The summed E-state index contributed by atoms with van der Waals surface area (Å²) in [4.78, 5) is 55.8. The van der Waals surface area contributed by atoms with E-state index in [2.05, 4.69) is 35.9 Å². The number of nitrogens with zero attached hydrogens (tertiary/aromatic N) is 5. The molecule has 1 aliphatic heterocycles. The Morgan fingerprint density at radius 1 is 0.977 bits per heavy atom. The van der Waals surface area contributed by atoms with Gasteiger partial charge < -0.3 is 20.7 Å². The Morgan fingerprint density at radius 3 is 2.39 bits per heavy atom. The number of benzene rings is 1. The number of urea groups is 1. The first kappa shape index (κ1) is 29.0. The number of hydrogen-bond acceptors (Lipinski definition) is 9. The standard InChI is InChI=1S/C28H23F3N8O4S/c29-28(30,31)16-10-20(23(32-11-16)24(41)36-17-5-6-17)38-25(42)37-18-12-33-26(34-13-18)43-19-7-3-15(4-8-19)21-14-35-27(44-21)39-9-1-2-22(39)40/h3-4,7-8,10-14,17H,1-2,5-6,9H2,(H,36,41)(H2,37,38,42). The molecule has 226 valence electrons. The Bertz CT molecular complexity index is 1710. The summed E-state index contributed by atoms with van der Waals surface area (Å²) in [7, 11) is 0. The molecule has 1 aliphatic carbocycles. The lowest BCUT2D eigenvalue weighted by Gasteiger charge is -2.14. The number of anilines is 3. The Balaban J connectivity index is 1.07. The first-order valence-corrected chi connectivity index (χ1v) is 14.3. The zero-order valence-corrected chi connectivity index (χ0v) is 23.5. The van der Waals surface area contributed by atoms with Crippen molar-refractivity contribution in [3.8, 4) is 22.2 Å². The summed E-state index contributed by atoms with van der Waals surface area (Å²) in [5.74, 6) is -0.169. The van der Waals surface area contributed by atoms with Gasteiger partial charge >= 0.3 is 18.2 Å². The van der Waals surface area contributed by atoms with Crippen LogP contribution < -0.4 is 25.6 Å². The van der Waals surface area contributed by atoms with E-state index in [0.29, 0.717) is 36.1 Å². The van der Waals surface area contributed by atoms with Crippen molar-refractivity contribution in [1.29, 1.82) is 0 Å². The Morgan fingerprint density at radius 2 is 1.73 bits per heavy atom. The van der Waals surface area contributed by atoms with Gasteiger partial charge in [-0.3, -0.25) is 14.5 Å². The maximum Gasteiger partial charge on any atom is 0.417 e. The Hall–Kier alpha value is -5.12. The van der Waals surface area contributed by atoms with Crippen LogP contribution in [0.3, 0.4) is 0 Å². The Labute approximate surface area is 251 Å². The van der Waals surface area contributed by atoms with Gasteiger partial charge in [0.15, 0.2) is 10.8 Å². The predicted molar refractivity (Wildman–Crippen MR) is 154 cm³/mol. The number of aromatic nitrogens is 4. The topological polar surface area (TPSA) is 151 Å².